The van der Waals surface area contributed by atoms with E-state index >= 15 is 0 Å². The maximum atomic E-state index is 5.65. The van der Waals surface area contributed by atoms with Crippen molar-refractivity contribution in [2.24, 2.45) is 0 Å². The van der Waals surface area contributed by atoms with Crippen LogP contribution in [0.3, 0.4) is 0 Å². The van der Waals surface area contributed by atoms with Crippen LogP contribution in [0.25, 0.3) is 0 Å². The molecule has 0 aliphatic carbocycles. The monoisotopic (exact) mass is 236 g/mol. The molecule has 0 aromatic carbocycles. The van der Waals surface area contributed by atoms with Crippen LogP contribution in [0.1, 0.15) is 25.3 Å². The van der Waals surface area contributed by atoms with Gasteiger partial charge in [-0.1, -0.05) is 6.92 Å². The molecule has 1 N–H and O–H groups in total. The molecule has 2 rings (SSSR count). The van der Waals surface area contributed by atoms with Crippen LogP contribution in [-0.2, 0) is 11.3 Å². The highest BCUT2D eigenvalue weighted by Crippen LogP contribution is 2.15. The van der Waals surface area contributed by atoms with Gasteiger partial charge in [-0.05, 0) is 31.0 Å². The summed E-state index contributed by atoms with van der Waals surface area (Å²) >= 11 is 0. The van der Waals surface area contributed by atoms with Crippen molar-refractivity contribution < 1.29 is 9.47 Å². The predicted molar refractivity (Wildman–Crippen MR) is 66.1 cm³/mol. The molecular weight excluding hydrogens is 216 g/mol. The van der Waals surface area contributed by atoms with Crippen LogP contribution < -0.4 is 10.1 Å². The fourth-order valence-corrected chi connectivity index (χ4v) is 1.86. The van der Waals surface area contributed by atoms with E-state index in [4.69, 9.17) is 9.47 Å². The third-order valence-corrected chi connectivity index (χ3v) is 2.82. The van der Waals surface area contributed by atoms with Gasteiger partial charge in [-0.3, -0.25) is 0 Å². The Labute approximate surface area is 102 Å². The van der Waals surface area contributed by atoms with Gasteiger partial charge in [0.25, 0.3) is 0 Å². The van der Waals surface area contributed by atoms with Gasteiger partial charge >= 0.3 is 0 Å². The molecule has 1 aromatic heterocycles. The molecule has 0 saturated carbocycles. The maximum Gasteiger partial charge on any atom is 0.213 e. The van der Waals surface area contributed by atoms with Crippen LogP contribution in [0.2, 0.25) is 0 Å². The second kappa shape index (κ2) is 6.57. The summed E-state index contributed by atoms with van der Waals surface area (Å²) in [6, 6.07) is 3.99. The molecule has 1 unspecified atom stereocenters. The molecule has 0 spiro atoms. The summed E-state index contributed by atoms with van der Waals surface area (Å²) in [7, 11) is 0. The second-order valence-corrected chi connectivity index (χ2v) is 4.23. The van der Waals surface area contributed by atoms with Crippen molar-refractivity contribution in [3.05, 3.63) is 23.9 Å². The number of hydrogen-bond donors (Lipinski definition) is 1. The number of pyridine rings is 1. The lowest BCUT2D eigenvalue weighted by Crippen LogP contribution is -2.17. The zero-order valence-electron chi connectivity index (χ0n) is 10.3. The number of nitrogens with one attached hydrogen (secondary N) is 1. The van der Waals surface area contributed by atoms with Gasteiger partial charge in [0.2, 0.25) is 5.88 Å². The van der Waals surface area contributed by atoms with E-state index in [-0.39, 0.29) is 6.10 Å². The lowest BCUT2D eigenvalue weighted by Gasteiger charge is -2.11. The molecule has 1 saturated heterocycles. The van der Waals surface area contributed by atoms with E-state index < -0.39 is 0 Å². The van der Waals surface area contributed by atoms with Gasteiger partial charge in [0, 0.05) is 25.4 Å². The molecule has 1 aromatic rings. The molecule has 0 bridgehead atoms. The largest absolute Gasteiger partial charge is 0.475 e. The molecule has 2 heterocycles. The smallest absolute Gasteiger partial charge is 0.213 e. The summed E-state index contributed by atoms with van der Waals surface area (Å²) in [4.78, 5) is 4.20. The number of ether oxygens (including phenoxy) is 2. The lowest BCUT2D eigenvalue weighted by molar-refractivity contribution is 0.0663. The molecule has 0 radical (unpaired) electrons. The van der Waals surface area contributed by atoms with Crippen LogP contribution in [0.15, 0.2) is 18.3 Å². The highest BCUT2D eigenvalue weighted by molar-refractivity contribution is 5.20. The first-order chi connectivity index (χ1) is 8.38. The highest BCUT2D eigenvalue weighted by Gasteiger charge is 2.16. The summed E-state index contributed by atoms with van der Waals surface area (Å²) < 4.78 is 11.2. The molecule has 94 valence electrons. The van der Waals surface area contributed by atoms with Crippen molar-refractivity contribution in [3.8, 4) is 5.88 Å². The summed E-state index contributed by atoms with van der Waals surface area (Å²) in [5, 5.41) is 3.28. The average molecular weight is 236 g/mol. The second-order valence-electron chi connectivity index (χ2n) is 4.23. The SMILES string of the molecule is CCNCc1ccnc(OCC2CCCO2)c1. The third-order valence-electron chi connectivity index (χ3n) is 2.82. The molecule has 4 nitrogen and oxygen atoms in total. The normalized spacial score (nSPS) is 19.5. The Hall–Kier alpha value is -1.13. The minimum Gasteiger partial charge on any atom is -0.475 e. The van der Waals surface area contributed by atoms with Crippen molar-refractivity contribution in [3.63, 3.8) is 0 Å². The number of hydrogen-bond acceptors (Lipinski definition) is 4. The molecular formula is C13H20N2O2. The molecule has 0 amide bonds. The Morgan fingerprint density at radius 2 is 2.53 bits per heavy atom. The van der Waals surface area contributed by atoms with Crippen molar-refractivity contribution in [2.75, 3.05) is 19.8 Å². The van der Waals surface area contributed by atoms with E-state index in [9.17, 15) is 0 Å². The molecule has 17 heavy (non-hydrogen) atoms. The molecule has 1 aliphatic heterocycles. The Morgan fingerprint density at radius 3 is 3.29 bits per heavy atom. The van der Waals surface area contributed by atoms with Crippen LogP contribution in [0.4, 0.5) is 0 Å². The van der Waals surface area contributed by atoms with Gasteiger partial charge in [0.15, 0.2) is 0 Å². The van der Waals surface area contributed by atoms with Gasteiger partial charge in [-0.25, -0.2) is 4.98 Å². The Morgan fingerprint density at radius 1 is 1.59 bits per heavy atom. The molecule has 1 atom stereocenters. The molecule has 4 heteroatoms. The van der Waals surface area contributed by atoms with Crippen molar-refractivity contribution in [1.82, 2.24) is 10.3 Å². The summed E-state index contributed by atoms with van der Waals surface area (Å²) in [5.41, 5.74) is 1.20. The van der Waals surface area contributed by atoms with Crippen LogP contribution in [-0.4, -0.2) is 30.8 Å². The Kier molecular flexibility index (Phi) is 4.76. The highest BCUT2D eigenvalue weighted by atomic mass is 16.5. The number of nitrogens with zero attached hydrogens (tertiary/aromatic N) is 1. The van der Waals surface area contributed by atoms with Gasteiger partial charge in [-0.15, -0.1) is 0 Å². The number of aromatic nitrogens is 1. The van der Waals surface area contributed by atoms with Crippen molar-refractivity contribution in [2.45, 2.75) is 32.4 Å². The van der Waals surface area contributed by atoms with Gasteiger partial charge < -0.3 is 14.8 Å². The van der Waals surface area contributed by atoms with E-state index in [1.807, 2.05) is 12.1 Å². The fourth-order valence-electron chi connectivity index (χ4n) is 1.86. The average Bonchev–Trinajstić information content (AvgIpc) is 2.87. The van der Waals surface area contributed by atoms with Crippen LogP contribution >= 0.6 is 0 Å². The quantitative estimate of drug-likeness (QED) is 0.817. The first-order valence-electron chi connectivity index (χ1n) is 6.28. The predicted octanol–water partition coefficient (Wildman–Crippen LogP) is 1.75. The lowest BCUT2D eigenvalue weighted by atomic mass is 10.2. The number of rotatable bonds is 6. The molecule has 1 aliphatic rings. The van der Waals surface area contributed by atoms with E-state index in [2.05, 4.69) is 17.2 Å². The standard InChI is InChI=1S/C13H20N2O2/c1-2-14-9-11-5-6-15-13(8-11)17-10-12-4-3-7-16-12/h5-6,8,12,14H,2-4,7,9-10H2,1H3. The molecule has 1 fully saturated rings. The van der Waals surface area contributed by atoms with Crippen molar-refractivity contribution >= 4 is 0 Å². The van der Waals surface area contributed by atoms with E-state index in [0.29, 0.717) is 12.5 Å². The first-order valence-corrected chi connectivity index (χ1v) is 6.28. The third kappa shape index (κ3) is 3.98. The Balaban J connectivity index is 1.82. The summed E-state index contributed by atoms with van der Waals surface area (Å²) in [6.07, 6.45) is 4.27. The first kappa shape index (κ1) is 12.3. The maximum absolute atomic E-state index is 5.65. The topological polar surface area (TPSA) is 43.4 Å². The van der Waals surface area contributed by atoms with Crippen molar-refractivity contribution in [1.29, 1.82) is 0 Å². The minimum atomic E-state index is 0.245. The Bertz CT molecular complexity index is 338. The van der Waals surface area contributed by atoms with Crippen LogP contribution in [0.5, 0.6) is 5.88 Å². The zero-order valence-corrected chi connectivity index (χ0v) is 10.3. The fraction of sp³-hybridized carbons (Fsp3) is 0.615. The minimum absolute atomic E-state index is 0.245. The van der Waals surface area contributed by atoms with E-state index in [0.717, 1.165) is 32.5 Å². The summed E-state index contributed by atoms with van der Waals surface area (Å²) in [6.45, 7) is 5.39. The van der Waals surface area contributed by atoms with Gasteiger partial charge in [0.1, 0.15) is 6.61 Å². The van der Waals surface area contributed by atoms with Crippen LogP contribution in [0, 0.1) is 0 Å². The van der Waals surface area contributed by atoms with E-state index in [1.165, 1.54) is 5.56 Å². The zero-order chi connectivity index (χ0) is 11.9. The summed E-state index contributed by atoms with van der Waals surface area (Å²) in [5.74, 6) is 0.691. The van der Waals surface area contributed by atoms with Gasteiger partial charge in [0.05, 0.1) is 6.10 Å². The van der Waals surface area contributed by atoms with E-state index in [1.54, 1.807) is 6.20 Å². The van der Waals surface area contributed by atoms with Gasteiger partial charge in [-0.2, -0.15) is 0 Å².